The topological polar surface area (TPSA) is 62.4 Å². The van der Waals surface area contributed by atoms with Gasteiger partial charge in [-0.1, -0.05) is 12.1 Å². The van der Waals surface area contributed by atoms with Crippen LogP contribution in [0.2, 0.25) is 0 Å². The number of amides is 1. The number of halogens is 1. The lowest BCUT2D eigenvalue weighted by molar-refractivity contribution is 0.0507. The summed E-state index contributed by atoms with van der Waals surface area (Å²) >= 11 is 0. The van der Waals surface area contributed by atoms with Gasteiger partial charge in [0.1, 0.15) is 5.82 Å². The van der Waals surface area contributed by atoms with Crippen molar-refractivity contribution in [1.82, 2.24) is 9.88 Å². The van der Waals surface area contributed by atoms with Gasteiger partial charge in [0.05, 0.1) is 6.10 Å². The fourth-order valence-corrected chi connectivity index (χ4v) is 3.05. The van der Waals surface area contributed by atoms with E-state index >= 15 is 0 Å². The number of aromatic nitrogens is 1. The number of aromatic amines is 1. The third kappa shape index (κ3) is 4.54. The second-order valence-corrected chi connectivity index (χ2v) is 6.36. The Morgan fingerprint density at radius 3 is 2.72 bits per heavy atom. The van der Waals surface area contributed by atoms with E-state index < -0.39 is 0 Å². The summed E-state index contributed by atoms with van der Waals surface area (Å²) in [6.07, 6.45) is 1.88. The van der Waals surface area contributed by atoms with Crippen molar-refractivity contribution < 1.29 is 13.9 Å². The highest BCUT2D eigenvalue weighted by atomic mass is 19.1. The summed E-state index contributed by atoms with van der Waals surface area (Å²) in [6, 6.07) is 9.05. The Morgan fingerprint density at radius 2 is 2.08 bits per heavy atom. The maximum Gasteiger partial charge on any atom is 0.254 e. The lowest BCUT2D eigenvalue weighted by Gasteiger charge is -2.26. The van der Waals surface area contributed by atoms with E-state index in [2.05, 4.69) is 4.98 Å². The maximum atomic E-state index is 13.1. The molecule has 2 aromatic rings. The maximum absolute atomic E-state index is 13.1. The van der Waals surface area contributed by atoms with Crippen LogP contribution in [0.1, 0.15) is 34.5 Å². The SMILES string of the molecule is Cc1cc(C(=O)N(Cc2ccc(F)cc2)CC2CCCO2)cc(=O)[nH]1. The molecule has 132 valence electrons. The molecular formula is C19H21FN2O3. The average Bonchev–Trinajstić information content (AvgIpc) is 3.08. The van der Waals surface area contributed by atoms with Crippen molar-refractivity contribution in [1.29, 1.82) is 0 Å². The van der Waals surface area contributed by atoms with Crippen LogP contribution in [0.4, 0.5) is 4.39 Å². The second kappa shape index (κ2) is 7.61. The zero-order valence-corrected chi connectivity index (χ0v) is 14.1. The van der Waals surface area contributed by atoms with E-state index in [-0.39, 0.29) is 23.4 Å². The molecule has 3 rings (SSSR count). The molecule has 0 saturated carbocycles. The van der Waals surface area contributed by atoms with Crippen LogP contribution in [0.5, 0.6) is 0 Å². The number of benzene rings is 1. The number of hydrogen-bond donors (Lipinski definition) is 1. The summed E-state index contributed by atoms with van der Waals surface area (Å²) in [5, 5.41) is 0. The zero-order valence-electron chi connectivity index (χ0n) is 14.1. The van der Waals surface area contributed by atoms with Crippen molar-refractivity contribution in [3.63, 3.8) is 0 Å². The highest BCUT2D eigenvalue weighted by Gasteiger charge is 2.24. The van der Waals surface area contributed by atoms with E-state index in [9.17, 15) is 14.0 Å². The Hall–Kier alpha value is -2.47. The van der Waals surface area contributed by atoms with E-state index in [4.69, 9.17) is 4.74 Å². The fourth-order valence-electron chi connectivity index (χ4n) is 3.05. The van der Waals surface area contributed by atoms with Crippen LogP contribution in [-0.2, 0) is 11.3 Å². The Labute approximate surface area is 145 Å². The Morgan fingerprint density at radius 1 is 1.32 bits per heavy atom. The number of nitrogens with one attached hydrogen (secondary N) is 1. The van der Waals surface area contributed by atoms with Crippen molar-refractivity contribution in [3.8, 4) is 0 Å². The number of H-pyrrole nitrogens is 1. The van der Waals surface area contributed by atoms with Gasteiger partial charge in [-0.2, -0.15) is 0 Å². The molecule has 25 heavy (non-hydrogen) atoms. The molecule has 1 atom stereocenters. The quantitative estimate of drug-likeness (QED) is 0.907. The van der Waals surface area contributed by atoms with Gasteiger partial charge in [0.2, 0.25) is 5.56 Å². The standard InChI is InChI=1S/C19H21FN2O3/c1-13-9-15(10-18(23)21-13)19(24)22(12-17-3-2-8-25-17)11-14-4-6-16(20)7-5-14/h4-7,9-10,17H,2-3,8,11-12H2,1H3,(H,21,23). The molecule has 1 N–H and O–H groups in total. The number of hydrogen-bond acceptors (Lipinski definition) is 3. The van der Waals surface area contributed by atoms with Gasteiger partial charge in [-0.25, -0.2) is 4.39 Å². The van der Waals surface area contributed by atoms with E-state index in [1.165, 1.54) is 18.2 Å². The van der Waals surface area contributed by atoms with Crippen LogP contribution >= 0.6 is 0 Å². The minimum absolute atomic E-state index is 0.00695. The minimum Gasteiger partial charge on any atom is -0.376 e. The number of aryl methyl sites for hydroxylation is 1. The number of pyridine rings is 1. The molecule has 2 heterocycles. The van der Waals surface area contributed by atoms with Crippen LogP contribution in [0.15, 0.2) is 41.2 Å². The van der Waals surface area contributed by atoms with Gasteiger partial charge in [-0.15, -0.1) is 0 Å². The third-order valence-corrected chi connectivity index (χ3v) is 4.25. The number of carbonyl (C=O) groups is 1. The van der Waals surface area contributed by atoms with Crippen LogP contribution in [0.25, 0.3) is 0 Å². The predicted octanol–water partition coefficient (Wildman–Crippen LogP) is 2.64. The first-order valence-corrected chi connectivity index (χ1v) is 8.37. The highest BCUT2D eigenvalue weighted by Crippen LogP contribution is 2.17. The van der Waals surface area contributed by atoms with Crippen LogP contribution in [0, 0.1) is 12.7 Å². The van der Waals surface area contributed by atoms with Gasteiger partial charge in [-0.3, -0.25) is 9.59 Å². The minimum atomic E-state index is -0.314. The summed E-state index contributed by atoms with van der Waals surface area (Å²) in [5.74, 6) is -0.542. The Kier molecular flexibility index (Phi) is 5.28. The molecule has 1 aliphatic heterocycles. The number of carbonyl (C=O) groups excluding carboxylic acids is 1. The summed E-state index contributed by atoms with van der Waals surface area (Å²) in [6.45, 7) is 3.23. The summed E-state index contributed by atoms with van der Waals surface area (Å²) in [7, 11) is 0. The predicted molar refractivity (Wildman–Crippen MR) is 91.9 cm³/mol. The molecule has 0 aliphatic carbocycles. The first kappa shape index (κ1) is 17.4. The molecule has 0 radical (unpaired) electrons. The lowest BCUT2D eigenvalue weighted by atomic mass is 10.1. The molecule has 6 heteroatoms. The van der Waals surface area contributed by atoms with Gasteiger partial charge in [0.15, 0.2) is 0 Å². The highest BCUT2D eigenvalue weighted by molar-refractivity contribution is 5.94. The molecule has 1 aromatic carbocycles. The third-order valence-electron chi connectivity index (χ3n) is 4.25. The number of nitrogens with zero attached hydrogens (tertiary/aromatic N) is 1. The van der Waals surface area contributed by atoms with E-state index in [1.54, 1.807) is 30.0 Å². The molecule has 0 bridgehead atoms. The molecule has 1 aliphatic rings. The first-order valence-electron chi connectivity index (χ1n) is 8.37. The largest absolute Gasteiger partial charge is 0.376 e. The van der Waals surface area contributed by atoms with Crippen molar-refractivity contribution >= 4 is 5.91 Å². The normalized spacial score (nSPS) is 16.8. The van der Waals surface area contributed by atoms with E-state index in [0.717, 1.165) is 18.4 Å². The zero-order chi connectivity index (χ0) is 17.8. The van der Waals surface area contributed by atoms with Gasteiger partial charge in [0.25, 0.3) is 5.91 Å². The molecular weight excluding hydrogens is 323 g/mol. The first-order chi connectivity index (χ1) is 12.0. The van der Waals surface area contributed by atoms with Crippen molar-refractivity contribution in [2.45, 2.75) is 32.4 Å². The summed E-state index contributed by atoms with van der Waals surface area (Å²) < 4.78 is 18.8. The number of ether oxygens (including phenoxy) is 1. The van der Waals surface area contributed by atoms with Gasteiger partial charge in [-0.05, 0) is 43.5 Å². The molecule has 1 fully saturated rings. The molecule has 1 aromatic heterocycles. The molecule has 1 unspecified atom stereocenters. The van der Waals surface area contributed by atoms with E-state index in [0.29, 0.717) is 31.0 Å². The van der Waals surface area contributed by atoms with Gasteiger partial charge < -0.3 is 14.6 Å². The van der Waals surface area contributed by atoms with Gasteiger partial charge in [0, 0.05) is 37.0 Å². The summed E-state index contributed by atoms with van der Waals surface area (Å²) in [4.78, 5) is 28.9. The molecule has 1 amide bonds. The average molecular weight is 344 g/mol. The Balaban J connectivity index is 1.84. The van der Waals surface area contributed by atoms with Crippen LogP contribution < -0.4 is 5.56 Å². The Bertz CT molecular complexity index is 795. The van der Waals surface area contributed by atoms with E-state index in [1.807, 2.05) is 0 Å². The van der Waals surface area contributed by atoms with Crippen molar-refractivity contribution in [3.05, 3.63) is 69.4 Å². The fraction of sp³-hybridized carbons (Fsp3) is 0.368. The monoisotopic (exact) mass is 344 g/mol. The lowest BCUT2D eigenvalue weighted by Crippen LogP contribution is -2.37. The smallest absolute Gasteiger partial charge is 0.254 e. The van der Waals surface area contributed by atoms with Crippen LogP contribution in [0.3, 0.4) is 0 Å². The van der Waals surface area contributed by atoms with Gasteiger partial charge >= 0.3 is 0 Å². The molecule has 0 spiro atoms. The van der Waals surface area contributed by atoms with Crippen molar-refractivity contribution in [2.75, 3.05) is 13.2 Å². The second-order valence-electron chi connectivity index (χ2n) is 6.36. The van der Waals surface area contributed by atoms with Crippen LogP contribution in [-0.4, -0.2) is 35.0 Å². The molecule has 5 nitrogen and oxygen atoms in total. The summed E-state index contributed by atoms with van der Waals surface area (Å²) in [5.41, 5.74) is 1.51. The van der Waals surface area contributed by atoms with Crippen molar-refractivity contribution in [2.24, 2.45) is 0 Å². The number of rotatable bonds is 5. The molecule has 1 saturated heterocycles.